The number of nitrogens with one attached hydrogen (secondary N) is 1. The van der Waals surface area contributed by atoms with Crippen molar-refractivity contribution in [2.75, 3.05) is 18.4 Å². The Balaban J connectivity index is 1.99. The quantitative estimate of drug-likeness (QED) is 0.892. The number of anilines is 1. The number of aliphatic carboxylic acids is 1. The number of hydrogen-bond donors (Lipinski definition) is 2. The van der Waals surface area contributed by atoms with Gasteiger partial charge in [-0.15, -0.1) is 0 Å². The summed E-state index contributed by atoms with van der Waals surface area (Å²) in [6, 6.07) is 3.21. The molecule has 108 valence electrons. The van der Waals surface area contributed by atoms with Crippen molar-refractivity contribution in [1.82, 2.24) is 4.90 Å². The Labute approximate surface area is 120 Å². The summed E-state index contributed by atoms with van der Waals surface area (Å²) in [7, 11) is 0. The number of rotatable bonds is 4. The van der Waals surface area contributed by atoms with Crippen LogP contribution < -0.4 is 5.32 Å². The Morgan fingerprint density at radius 2 is 2.25 bits per heavy atom. The summed E-state index contributed by atoms with van der Waals surface area (Å²) < 4.78 is 13.5. The molecule has 20 heavy (non-hydrogen) atoms. The van der Waals surface area contributed by atoms with Crippen molar-refractivity contribution in [1.29, 1.82) is 0 Å². The van der Waals surface area contributed by atoms with Crippen molar-refractivity contribution < 1.29 is 19.1 Å². The maximum absolute atomic E-state index is 13.5. The van der Waals surface area contributed by atoms with Crippen LogP contribution in [0.1, 0.15) is 12.8 Å². The molecule has 1 unspecified atom stereocenters. The van der Waals surface area contributed by atoms with Crippen LogP contribution in [0.5, 0.6) is 0 Å². The molecule has 1 aliphatic rings. The van der Waals surface area contributed by atoms with Crippen LogP contribution in [0.4, 0.5) is 10.1 Å². The fourth-order valence-corrected chi connectivity index (χ4v) is 2.43. The van der Waals surface area contributed by atoms with Gasteiger partial charge in [0.1, 0.15) is 11.9 Å². The van der Waals surface area contributed by atoms with Gasteiger partial charge < -0.3 is 10.4 Å². The Hall–Kier alpha value is -1.66. The van der Waals surface area contributed by atoms with E-state index in [2.05, 4.69) is 5.32 Å². The van der Waals surface area contributed by atoms with Crippen LogP contribution in [0.25, 0.3) is 0 Å². The lowest BCUT2D eigenvalue weighted by atomic mass is 10.2. The van der Waals surface area contributed by atoms with E-state index < -0.39 is 23.7 Å². The van der Waals surface area contributed by atoms with Gasteiger partial charge in [-0.3, -0.25) is 14.5 Å². The largest absolute Gasteiger partial charge is 0.480 e. The number of halogens is 2. The minimum absolute atomic E-state index is 0.00595. The molecule has 0 spiro atoms. The fraction of sp³-hybridized carbons (Fsp3) is 0.385. The molecule has 5 nitrogen and oxygen atoms in total. The predicted molar refractivity (Wildman–Crippen MR) is 72.3 cm³/mol. The summed E-state index contributed by atoms with van der Waals surface area (Å²) in [6.45, 7) is 0.464. The number of carbonyl (C=O) groups is 2. The van der Waals surface area contributed by atoms with E-state index in [0.717, 1.165) is 12.5 Å². The van der Waals surface area contributed by atoms with Gasteiger partial charge in [0.25, 0.3) is 0 Å². The van der Waals surface area contributed by atoms with Gasteiger partial charge in [0.05, 0.1) is 12.2 Å². The van der Waals surface area contributed by atoms with Crippen molar-refractivity contribution >= 4 is 29.2 Å². The zero-order chi connectivity index (χ0) is 14.7. The summed E-state index contributed by atoms with van der Waals surface area (Å²) in [5.74, 6) is -1.98. The second-order valence-corrected chi connectivity index (χ2v) is 5.08. The van der Waals surface area contributed by atoms with Crippen LogP contribution in [0.2, 0.25) is 5.02 Å². The molecule has 0 aliphatic carbocycles. The van der Waals surface area contributed by atoms with Gasteiger partial charge in [0.15, 0.2) is 0 Å². The topological polar surface area (TPSA) is 69.6 Å². The van der Waals surface area contributed by atoms with Crippen molar-refractivity contribution in [2.45, 2.75) is 18.9 Å². The molecule has 2 N–H and O–H groups in total. The van der Waals surface area contributed by atoms with Crippen molar-refractivity contribution in [3.63, 3.8) is 0 Å². The van der Waals surface area contributed by atoms with E-state index in [1.165, 1.54) is 12.1 Å². The first kappa shape index (κ1) is 14.7. The van der Waals surface area contributed by atoms with Crippen molar-refractivity contribution in [2.24, 2.45) is 0 Å². The molecule has 0 radical (unpaired) electrons. The van der Waals surface area contributed by atoms with Gasteiger partial charge >= 0.3 is 5.97 Å². The average Bonchev–Trinajstić information content (AvgIpc) is 2.82. The number of benzene rings is 1. The van der Waals surface area contributed by atoms with Crippen molar-refractivity contribution in [3.05, 3.63) is 29.0 Å². The highest BCUT2D eigenvalue weighted by molar-refractivity contribution is 6.30. The Morgan fingerprint density at radius 3 is 2.95 bits per heavy atom. The molecule has 0 bridgehead atoms. The first-order chi connectivity index (χ1) is 9.47. The highest BCUT2D eigenvalue weighted by atomic mass is 35.5. The van der Waals surface area contributed by atoms with Gasteiger partial charge in [0.2, 0.25) is 5.91 Å². The maximum atomic E-state index is 13.5. The summed E-state index contributed by atoms with van der Waals surface area (Å²) in [5.41, 5.74) is -0.00595. The van der Waals surface area contributed by atoms with Crippen LogP contribution in [0.15, 0.2) is 18.2 Å². The molecule has 1 amide bonds. The Bertz CT molecular complexity index is 538. The number of carbonyl (C=O) groups excluding carboxylic acids is 1. The van der Waals surface area contributed by atoms with Gasteiger partial charge in [-0.2, -0.15) is 0 Å². The zero-order valence-electron chi connectivity index (χ0n) is 10.6. The number of carboxylic acid groups (broad SMARTS) is 1. The lowest BCUT2D eigenvalue weighted by Crippen LogP contribution is -2.41. The molecule has 2 rings (SSSR count). The maximum Gasteiger partial charge on any atom is 0.320 e. The SMILES string of the molecule is O=C(CN1CCCC1C(=O)O)Nc1cc(Cl)ccc1F. The first-order valence-electron chi connectivity index (χ1n) is 6.19. The lowest BCUT2D eigenvalue weighted by Gasteiger charge is -2.20. The summed E-state index contributed by atoms with van der Waals surface area (Å²) in [6.07, 6.45) is 1.25. The second-order valence-electron chi connectivity index (χ2n) is 4.64. The number of nitrogens with zero attached hydrogens (tertiary/aromatic N) is 1. The molecule has 1 fully saturated rings. The molecule has 0 aromatic heterocycles. The summed E-state index contributed by atoms with van der Waals surface area (Å²) in [4.78, 5) is 24.4. The highest BCUT2D eigenvalue weighted by Gasteiger charge is 2.31. The third kappa shape index (κ3) is 3.46. The average molecular weight is 301 g/mol. The van der Waals surface area contributed by atoms with Crippen molar-refractivity contribution in [3.8, 4) is 0 Å². The summed E-state index contributed by atoms with van der Waals surface area (Å²) in [5, 5.41) is 11.7. The van der Waals surface area contributed by atoms with Crippen LogP contribution in [-0.2, 0) is 9.59 Å². The standard InChI is InChI=1S/C13H14ClFN2O3/c14-8-3-4-9(15)10(6-8)16-12(18)7-17-5-1-2-11(17)13(19)20/h3-4,6,11H,1-2,5,7H2,(H,16,18)(H,19,20). The number of carboxylic acids is 1. The predicted octanol–water partition coefficient (Wildman–Crippen LogP) is 1.97. The van der Waals surface area contributed by atoms with Crippen LogP contribution in [-0.4, -0.2) is 41.0 Å². The van der Waals surface area contributed by atoms with E-state index in [0.29, 0.717) is 18.0 Å². The van der Waals surface area contributed by atoms with E-state index in [-0.39, 0.29) is 12.2 Å². The van der Waals surface area contributed by atoms with Crippen LogP contribution in [0, 0.1) is 5.82 Å². The van der Waals surface area contributed by atoms with E-state index >= 15 is 0 Å². The van der Waals surface area contributed by atoms with E-state index in [1.54, 1.807) is 4.90 Å². The molecule has 1 atom stereocenters. The summed E-state index contributed by atoms with van der Waals surface area (Å²) >= 11 is 5.73. The zero-order valence-corrected chi connectivity index (χ0v) is 11.4. The minimum Gasteiger partial charge on any atom is -0.480 e. The Kier molecular flexibility index (Phi) is 4.57. The number of amides is 1. The van der Waals surface area contributed by atoms with E-state index in [1.807, 2.05) is 0 Å². The molecule has 1 saturated heterocycles. The highest BCUT2D eigenvalue weighted by Crippen LogP contribution is 2.20. The van der Waals surface area contributed by atoms with Gasteiger partial charge in [0, 0.05) is 5.02 Å². The fourth-order valence-electron chi connectivity index (χ4n) is 2.26. The molecule has 7 heteroatoms. The normalized spacial score (nSPS) is 19.0. The smallest absolute Gasteiger partial charge is 0.320 e. The third-order valence-corrected chi connectivity index (χ3v) is 3.43. The van der Waals surface area contributed by atoms with Gasteiger partial charge in [-0.25, -0.2) is 4.39 Å². The second kappa shape index (κ2) is 6.19. The lowest BCUT2D eigenvalue weighted by molar-refractivity contribution is -0.142. The molecular weight excluding hydrogens is 287 g/mol. The van der Waals surface area contributed by atoms with Gasteiger partial charge in [-0.1, -0.05) is 11.6 Å². The van der Waals surface area contributed by atoms with Crippen LogP contribution in [0.3, 0.4) is 0 Å². The minimum atomic E-state index is -0.941. The molecule has 1 aliphatic heterocycles. The molecule has 0 saturated carbocycles. The van der Waals surface area contributed by atoms with Gasteiger partial charge in [-0.05, 0) is 37.6 Å². The van der Waals surface area contributed by atoms with E-state index in [4.69, 9.17) is 16.7 Å². The number of likely N-dealkylation sites (tertiary alicyclic amines) is 1. The van der Waals surface area contributed by atoms with E-state index in [9.17, 15) is 14.0 Å². The third-order valence-electron chi connectivity index (χ3n) is 3.20. The first-order valence-corrected chi connectivity index (χ1v) is 6.57. The molecule has 1 aromatic rings. The molecular formula is C13H14ClFN2O3. The van der Waals surface area contributed by atoms with Crippen LogP contribution >= 0.6 is 11.6 Å². The molecule has 1 heterocycles. The monoisotopic (exact) mass is 300 g/mol. The molecule has 1 aromatic carbocycles. The Morgan fingerprint density at radius 1 is 1.50 bits per heavy atom. The number of hydrogen-bond acceptors (Lipinski definition) is 3.